The van der Waals surface area contributed by atoms with Crippen LogP contribution in [-0.4, -0.2) is 53.5 Å². The molecule has 88 valence electrons. The quantitative estimate of drug-likeness (QED) is 0.732. The number of hydrogen-bond donors (Lipinski definition) is 1. The highest BCUT2D eigenvalue weighted by Crippen LogP contribution is 2.13. The Morgan fingerprint density at radius 2 is 2.13 bits per heavy atom. The first-order chi connectivity index (χ1) is 6.83. The Bertz CT molecular complexity index is 234. The van der Waals surface area contributed by atoms with Gasteiger partial charge in [0.2, 0.25) is 5.91 Å². The molecule has 1 saturated heterocycles. The Balaban J connectivity index is 2.59. The molecule has 15 heavy (non-hydrogen) atoms. The maximum Gasteiger partial charge on any atom is 0.236 e. The van der Waals surface area contributed by atoms with Crippen LogP contribution in [0, 0.1) is 0 Å². The van der Waals surface area contributed by atoms with Crippen molar-refractivity contribution in [3.8, 4) is 0 Å². The van der Waals surface area contributed by atoms with Gasteiger partial charge in [-0.15, -0.1) is 0 Å². The first-order valence-electron chi connectivity index (χ1n) is 5.64. The Kier molecular flexibility index (Phi) is 3.73. The topological polar surface area (TPSA) is 49.6 Å². The number of carbonyl (C=O) groups excluding carboxylic acids is 1. The highest BCUT2D eigenvalue weighted by molar-refractivity contribution is 5.79. The van der Waals surface area contributed by atoms with E-state index in [2.05, 4.69) is 11.8 Å². The fraction of sp³-hybridized carbons (Fsp3) is 0.909. The zero-order valence-electron chi connectivity index (χ0n) is 10.3. The van der Waals surface area contributed by atoms with Crippen molar-refractivity contribution in [1.82, 2.24) is 9.80 Å². The highest BCUT2D eigenvalue weighted by Gasteiger charge is 2.30. The van der Waals surface area contributed by atoms with Crippen LogP contribution in [0.2, 0.25) is 0 Å². The van der Waals surface area contributed by atoms with Crippen molar-refractivity contribution < 1.29 is 4.79 Å². The van der Waals surface area contributed by atoms with Crippen LogP contribution >= 0.6 is 0 Å². The zero-order chi connectivity index (χ0) is 11.6. The molecule has 4 heteroatoms. The van der Waals surface area contributed by atoms with Crippen LogP contribution in [0.15, 0.2) is 0 Å². The number of nitrogens with two attached hydrogens (primary N) is 1. The molecule has 0 bridgehead atoms. The van der Waals surface area contributed by atoms with Gasteiger partial charge < -0.3 is 10.6 Å². The molecule has 1 unspecified atom stereocenters. The monoisotopic (exact) mass is 213 g/mol. The number of likely N-dealkylation sites (N-methyl/N-ethyl adjacent to an activating group) is 1. The number of piperazine rings is 1. The molecule has 0 aliphatic carbocycles. The summed E-state index contributed by atoms with van der Waals surface area (Å²) < 4.78 is 0. The predicted octanol–water partition coefficient (Wildman–Crippen LogP) is 0.276. The lowest BCUT2D eigenvalue weighted by molar-refractivity contribution is -0.138. The average Bonchev–Trinajstić information content (AvgIpc) is 2.08. The van der Waals surface area contributed by atoms with Crippen LogP contribution in [0.25, 0.3) is 0 Å². The van der Waals surface area contributed by atoms with Crippen molar-refractivity contribution in [2.45, 2.75) is 39.3 Å². The van der Waals surface area contributed by atoms with Gasteiger partial charge in [-0.05, 0) is 27.7 Å². The summed E-state index contributed by atoms with van der Waals surface area (Å²) in [4.78, 5) is 15.8. The van der Waals surface area contributed by atoms with E-state index in [-0.39, 0.29) is 11.4 Å². The van der Waals surface area contributed by atoms with Gasteiger partial charge >= 0.3 is 0 Å². The Morgan fingerprint density at radius 3 is 2.60 bits per heavy atom. The number of rotatable bonds is 3. The Morgan fingerprint density at radius 1 is 1.53 bits per heavy atom. The third kappa shape index (κ3) is 3.47. The third-order valence-electron chi connectivity index (χ3n) is 2.79. The summed E-state index contributed by atoms with van der Waals surface area (Å²) >= 11 is 0. The maximum atomic E-state index is 11.7. The summed E-state index contributed by atoms with van der Waals surface area (Å²) in [6.07, 6.45) is 0. The summed E-state index contributed by atoms with van der Waals surface area (Å²) in [5.74, 6) is 0.222. The van der Waals surface area contributed by atoms with Gasteiger partial charge in [0.05, 0.1) is 6.54 Å². The lowest BCUT2D eigenvalue weighted by atomic mass is 10.0. The molecule has 0 aromatic rings. The van der Waals surface area contributed by atoms with Crippen LogP contribution in [0.3, 0.4) is 0 Å². The Labute approximate surface area is 92.4 Å². The summed E-state index contributed by atoms with van der Waals surface area (Å²) in [6.45, 7) is 11.1. The van der Waals surface area contributed by atoms with Gasteiger partial charge in [-0.3, -0.25) is 9.69 Å². The van der Waals surface area contributed by atoms with E-state index in [0.29, 0.717) is 12.6 Å². The van der Waals surface area contributed by atoms with Crippen molar-refractivity contribution in [2.75, 3.05) is 26.2 Å². The van der Waals surface area contributed by atoms with Crippen LogP contribution in [0.4, 0.5) is 0 Å². The van der Waals surface area contributed by atoms with E-state index in [0.717, 1.165) is 19.6 Å². The number of carbonyl (C=O) groups is 1. The van der Waals surface area contributed by atoms with Gasteiger partial charge in [0.25, 0.3) is 0 Å². The van der Waals surface area contributed by atoms with Gasteiger partial charge in [0, 0.05) is 31.2 Å². The molecule has 1 heterocycles. The molecule has 1 atom stereocenters. The minimum Gasteiger partial charge on any atom is -0.340 e. The zero-order valence-corrected chi connectivity index (χ0v) is 10.3. The second-order valence-electron chi connectivity index (χ2n) is 5.17. The molecule has 0 saturated carbocycles. The van der Waals surface area contributed by atoms with Crippen LogP contribution in [0.5, 0.6) is 0 Å². The largest absolute Gasteiger partial charge is 0.340 e. The van der Waals surface area contributed by atoms with Crippen molar-refractivity contribution in [2.24, 2.45) is 5.73 Å². The van der Waals surface area contributed by atoms with Crippen LogP contribution in [0.1, 0.15) is 27.7 Å². The second kappa shape index (κ2) is 4.49. The average molecular weight is 213 g/mol. The number of hydrogen-bond acceptors (Lipinski definition) is 3. The summed E-state index contributed by atoms with van der Waals surface area (Å²) in [5.41, 5.74) is 5.74. The van der Waals surface area contributed by atoms with Crippen LogP contribution in [-0.2, 0) is 4.79 Å². The molecule has 1 fully saturated rings. The molecule has 0 spiro atoms. The molecular weight excluding hydrogens is 190 g/mol. The van der Waals surface area contributed by atoms with E-state index in [1.165, 1.54) is 0 Å². The predicted molar refractivity (Wildman–Crippen MR) is 61.6 cm³/mol. The molecule has 0 aromatic heterocycles. The normalized spacial score (nSPS) is 24.7. The van der Waals surface area contributed by atoms with Crippen molar-refractivity contribution in [3.05, 3.63) is 0 Å². The van der Waals surface area contributed by atoms with Gasteiger partial charge in [-0.1, -0.05) is 0 Å². The minimum atomic E-state index is -0.233. The summed E-state index contributed by atoms with van der Waals surface area (Å²) in [5, 5.41) is 0. The minimum absolute atomic E-state index is 0.222. The van der Waals surface area contributed by atoms with E-state index in [4.69, 9.17) is 5.73 Å². The SMILES string of the molecule is CCN1CC(C)N(CC(C)(C)N)CC1=O. The lowest BCUT2D eigenvalue weighted by Gasteiger charge is -2.41. The van der Waals surface area contributed by atoms with E-state index >= 15 is 0 Å². The first kappa shape index (κ1) is 12.5. The van der Waals surface area contributed by atoms with E-state index in [1.54, 1.807) is 0 Å². The smallest absolute Gasteiger partial charge is 0.236 e. The maximum absolute atomic E-state index is 11.7. The molecule has 1 rings (SSSR count). The molecule has 2 N–H and O–H groups in total. The number of amides is 1. The molecule has 1 amide bonds. The van der Waals surface area contributed by atoms with Gasteiger partial charge in [0.15, 0.2) is 0 Å². The Hall–Kier alpha value is -0.610. The summed E-state index contributed by atoms with van der Waals surface area (Å²) in [6, 6.07) is 0.408. The molecule has 1 aliphatic heterocycles. The fourth-order valence-electron chi connectivity index (χ4n) is 2.01. The van der Waals surface area contributed by atoms with Gasteiger partial charge in [-0.25, -0.2) is 0 Å². The van der Waals surface area contributed by atoms with Gasteiger partial charge in [-0.2, -0.15) is 0 Å². The van der Waals surface area contributed by atoms with Gasteiger partial charge in [0.1, 0.15) is 0 Å². The second-order valence-corrected chi connectivity index (χ2v) is 5.17. The standard InChI is InChI=1S/C11H23N3O/c1-5-13-6-9(2)14(7-10(13)15)8-11(3,4)12/h9H,5-8,12H2,1-4H3. The van der Waals surface area contributed by atoms with Crippen molar-refractivity contribution >= 4 is 5.91 Å². The van der Waals surface area contributed by atoms with Crippen molar-refractivity contribution in [1.29, 1.82) is 0 Å². The fourth-order valence-corrected chi connectivity index (χ4v) is 2.01. The summed E-state index contributed by atoms with van der Waals surface area (Å²) in [7, 11) is 0. The first-order valence-corrected chi connectivity index (χ1v) is 5.64. The molecule has 4 nitrogen and oxygen atoms in total. The van der Waals surface area contributed by atoms with E-state index < -0.39 is 0 Å². The van der Waals surface area contributed by atoms with Crippen molar-refractivity contribution in [3.63, 3.8) is 0 Å². The molecule has 0 aromatic carbocycles. The highest BCUT2D eigenvalue weighted by atomic mass is 16.2. The van der Waals surface area contributed by atoms with E-state index in [1.807, 2.05) is 25.7 Å². The van der Waals surface area contributed by atoms with Crippen LogP contribution < -0.4 is 5.73 Å². The molecule has 1 aliphatic rings. The lowest BCUT2D eigenvalue weighted by Crippen LogP contribution is -2.59. The third-order valence-corrected chi connectivity index (χ3v) is 2.79. The molecule has 0 radical (unpaired) electrons. The van der Waals surface area contributed by atoms with E-state index in [9.17, 15) is 4.79 Å². The number of nitrogens with zero attached hydrogens (tertiary/aromatic N) is 2. The molecular formula is C11H23N3O.